The number of carbonyl (C=O) groups is 1. The Kier molecular flexibility index (Phi) is 3.11. The number of hydroxylamine groups is 2. The zero-order valence-corrected chi connectivity index (χ0v) is 9.21. The Balaban J connectivity index is 2.94. The summed E-state index contributed by atoms with van der Waals surface area (Å²) < 4.78 is 5.68. The normalized spacial score (nSPS) is 10.2. The van der Waals surface area contributed by atoms with Crippen LogP contribution in [0.2, 0.25) is 0 Å². The molecule has 0 fully saturated rings. The standard InChI is InChI=1S/C8H10BrNO3/c1-5-6(4-7(9)13-5)8(11)10(2)12-3/h4H,1-3H3. The topological polar surface area (TPSA) is 42.7 Å². The summed E-state index contributed by atoms with van der Waals surface area (Å²) in [6.07, 6.45) is 0. The van der Waals surface area contributed by atoms with Gasteiger partial charge in [-0.15, -0.1) is 0 Å². The van der Waals surface area contributed by atoms with Gasteiger partial charge >= 0.3 is 0 Å². The molecule has 0 aliphatic carbocycles. The van der Waals surface area contributed by atoms with Gasteiger partial charge in [-0.25, -0.2) is 5.06 Å². The maximum atomic E-state index is 11.5. The minimum Gasteiger partial charge on any atom is -0.454 e. The fourth-order valence-corrected chi connectivity index (χ4v) is 1.38. The van der Waals surface area contributed by atoms with E-state index in [9.17, 15) is 4.79 Å². The van der Waals surface area contributed by atoms with E-state index in [-0.39, 0.29) is 5.91 Å². The van der Waals surface area contributed by atoms with Gasteiger partial charge < -0.3 is 4.42 Å². The largest absolute Gasteiger partial charge is 0.454 e. The lowest BCUT2D eigenvalue weighted by Gasteiger charge is -2.12. The molecule has 0 aromatic carbocycles. The summed E-state index contributed by atoms with van der Waals surface area (Å²) in [5.74, 6) is 0.343. The van der Waals surface area contributed by atoms with E-state index in [4.69, 9.17) is 9.25 Å². The van der Waals surface area contributed by atoms with Gasteiger partial charge in [-0.05, 0) is 22.9 Å². The van der Waals surface area contributed by atoms with Gasteiger partial charge in [0.1, 0.15) is 5.76 Å². The molecule has 0 spiro atoms. The highest BCUT2D eigenvalue weighted by Crippen LogP contribution is 2.20. The van der Waals surface area contributed by atoms with Gasteiger partial charge in [0.05, 0.1) is 12.7 Å². The molecule has 0 atom stereocenters. The van der Waals surface area contributed by atoms with Crippen LogP contribution >= 0.6 is 15.9 Å². The molecule has 0 radical (unpaired) electrons. The third-order valence-corrected chi connectivity index (χ3v) is 2.07. The molecule has 1 aromatic rings. The maximum absolute atomic E-state index is 11.5. The Bertz CT molecular complexity index is 321. The number of hydrogen-bond donors (Lipinski definition) is 0. The second kappa shape index (κ2) is 3.93. The third kappa shape index (κ3) is 2.10. The van der Waals surface area contributed by atoms with Crippen molar-refractivity contribution in [3.8, 4) is 0 Å². The van der Waals surface area contributed by atoms with Gasteiger partial charge in [0.15, 0.2) is 4.67 Å². The highest BCUT2D eigenvalue weighted by Gasteiger charge is 2.17. The number of amides is 1. The molecular formula is C8H10BrNO3. The van der Waals surface area contributed by atoms with E-state index in [1.807, 2.05) is 0 Å². The lowest BCUT2D eigenvalue weighted by atomic mass is 10.2. The molecule has 1 aromatic heterocycles. The van der Waals surface area contributed by atoms with Crippen LogP contribution in [-0.4, -0.2) is 25.1 Å². The van der Waals surface area contributed by atoms with Gasteiger partial charge in [0.25, 0.3) is 5.91 Å². The van der Waals surface area contributed by atoms with E-state index < -0.39 is 0 Å². The van der Waals surface area contributed by atoms with Crippen molar-refractivity contribution < 1.29 is 14.0 Å². The second-order valence-corrected chi connectivity index (χ2v) is 3.29. The predicted molar refractivity (Wildman–Crippen MR) is 50.2 cm³/mol. The van der Waals surface area contributed by atoms with Crippen molar-refractivity contribution >= 4 is 21.8 Å². The van der Waals surface area contributed by atoms with Crippen molar-refractivity contribution in [2.75, 3.05) is 14.2 Å². The van der Waals surface area contributed by atoms with E-state index >= 15 is 0 Å². The van der Waals surface area contributed by atoms with Crippen molar-refractivity contribution in [3.05, 3.63) is 22.1 Å². The minimum atomic E-state index is -0.227. The van der Waals surface area contributed by atoms with Crippen LogP contribution < -0.4 is 0 Å². The summed E-state index contributed by atoms with van der Waals surface area (Å²) in [5, 5.41) is 1.14. The molecular weight excluding hydrogens is 238 g/mol. The van der Waals surface area contributed by atoms with Crippen molar-refractivity contribution in [2.45, 2.75) is 6.92 Å². The molecule has 72 valence electrons. The van der Waals surface area contributed by atoms with Crippen LogP contribution in [0.25, 0.3) is 0 Å². The smallest absolute Gasteiger partial charge is 0.280 e. The van der Waals surface area contributed by atoms with Crippen molar-refractivity contribution in [2.24, 2.45) is 0 Å². The second-order valence-electron chi connectivity index (χ2n) is 2.51. The predicted octanol–water partition coefficient (Wildman–Crippen LogP) is 1.98. The fraction of sp³-hybridized carbons (Fsp3) is 0.375. The third-order valence-electron chi connectivity index (χ3n) is 1.68. The van der Waals surface area contributed by atoms with Crippen LogP contribution in [0.4, 0.5) is 0 Å². The van der Waals surface area contributed by atoms with Gasteiger partial charge in [-0.2, -0.15) is 0 Å². The molecule has 0 N–H and O–H groups in total. The van der Waals surface area contributed by atoms with Gasteiger partial charge in [0.2, 0.25) is 0 Å². The van der Waals surface area contributed by atoms with E-state index in [2.05, 4.69) is 15.9 Å². The first kappa shape index (κ1) is 10.3. The van der Waals surface area contributed by atoms with Crippen LogP contribution in [0.3, 0.4) is 0 Å². The van der Waals surface area contributed by atoms with Crippen LogP contribution in [0.1, 0.15) is 16.1 Å². The van der Waals surface area contributed by atoms with Gasteiger partial charge in [-0.3, -0.25) is 9.63 Å². The molecule has 0 unspecified atom stereocenters. The number of halogens is 1. The molecule has 0 saturated heterocycles. The molecule has 13 heavy (non-hydrogen) atoms. The molecule has 5 heteroatoms. The van der Waals surface area contributed by atoms with Crippen LogP contribution in [0.15, 0.2) is 15.2 Å². The van der Waals surface area contributed by atoms with Crippen molar-refractivity contribution in [1.82, 2.24) is 5.06 Å². The minimum absolute atomic E-state index is 0.227. The number of rotatable bonds is 2. The zero-order chi connectivity index (χ0) is 10.0. The Morgan fingerprint density at radius 1 is 1.69 bits per heavy atom. The summed E-state index contributed by atoms with van der Waals surface area (Å²) in [5.41, 5.74) is 0.497. The average Bonchev–Trinajstić information content (AvgIpc) is 2.42. The Morgan fingerprint density at radius 3 is 2.69 bits per heavy atom. The van der Waals surface area contributed by atoms with E-state index in [1.54, 1.807) is 20.0 Å². The van der Waals surface area contributed by atoms with Crippen molar-refractivity contribution in [1.29, 1.82) is 0 Å². The SMILES string of the molecule is CON(C)C(=O)c1cc(Br)oc1C. The first-order chi connectivity index (χ1) is 6.06. The zero-order valence-electron chi connectivity index (χ0n) is 7.63. The van der Waals surface area contributed by atoms with Gasteiger partial charge in [0, 0.05) is 13.1 Å². The number of nitrogens with zero attached hydrogens (tertiary/aromatic N) is 1. The number of hydrogen-bond acceptors (Lipinski definition) is 3. The molecule has 0 bridgehead atoms. The number of furan rings is 1. The van der Waals surface area contributed by atoms with Crippen LogP contribution in [0, 0.1) is 6.92 Å². The molecule has 1 heterocycles. The first-order valence-corrected chi connectivity index (χ1v) is 4.43. The van der Waals surface area contributed by atoms with E-state index in [0.29, 0.717) is 16.0 Å². The lowest BCUT2D eigenvalue weighted by molar-refractivity contribution is -0.0757. The molecule has 1 amide bonds. The summed E-state index contributed by atoms with van der Waals surface area (Å²) in [7, 11) is 2.98. The van der Waals surface area contributed by atoms with Crippen LogP contribution in [0.5, 0.6) is 0 Å². The monoisotopic (exact) mass is 247 g/mol. The summed E-state index contributed by atoms with van der Waals surface area (Å²) >= 11 is 3.14. The summed E-state index contributed by atoms with van der Waals surface area (Å²) in [6.45, 7) is 1.72. The fourth-order valence-electron chi connectivity index (χ4n) is 0.911. The highest BCUT2D eigenvalue weighted by molar-refractivity contribution is 9.10. The highest BCUT2D eigenvalue weighted by atomic mass is 79.9. The molecule has 0 saturated carbocycles. The quantitative estimate of drug-likeness (QED) is 0.751. The summed E-state index contributed by atoms with van der Waals surface area (Å²) in [6, 6.07) is 1.62. The average molecular weight is 248 g/mol. The van der Waals surface area contributed by atoms with E-state index in [1.165, 1.54) is 7.11 Å². The number of carbonyl (C=O) groups excluding carboxylic acids is 1. The Morgan fingerprint density at radius 2 is 2.31 bits per heavy atom. The first-order valence-electron chi connectivity index (χ1n) is 3.64. The molecule has 0 aliphatic rings. The number of aryl methyl sites for hydroxylation is 1. The lowest BCUT2D eigenvalue weighted by Crippen LogP contribution is -2.25. The molecule has 0 aliphatic heterocycles. The van der Waals surface area contributed by atoms with Crippen LogP contribution in [-0.2, 0) is 4.84 Å². The molecule has 4 nitrogen and oxygen atoms in total. The Labute approximate surface area is 84.5 Å². The molecule has 1 rings (SSSR count). The Hall–Kier alpha value is -0.810. The van der Waals surface area contributed by atoms with Gasteiger partial charge in [-0.1, -0.05) is 0 Å². The maximum Gasteiger partial charge on any atom is 0.280 e. The van der Waals surface area contributed by atoms with Crippen molar-refractivity contribution in [3.63, 3.8) is 0 Å². The summed E-state index contributed by atoms with van der Waals surface area (Å²) in [4.78, 5) is 16.3. The van der Waals surface area contributed by atoms with E-state index in [0.717, 1.165) is 5.06 Å².